The highest BCUT2D eigenvalue weighted by atomic mass is 35.5. The summed E-state index contributed by atoms with van der Waals surface area (Å²) in [6, 6.07) is 23.7. The lowest BCUT2D eigenvalue weighted by molar-refractivity contribution is -0.147. The summed E-state index contributed by atoms with van der Waals surface area (Å²) in [7, 11) is 0. The number of urea groups is 1. The lowest BCUT2D eigenvalue weighted by Gasteiger charge is -2.30. The summed E-state index contributed by atoms with van der Waals surface area (Å²) in [5.74, 6) is -1.79. The van der Waals surface area contributed by atoms with Gasteiger partial charge in [-0.1, -0.05) is 102 Å². The first-order valence-corrected chi connectivity index (χ1v) is 17.0. The molecule has 1 aliphatic heterocycles. The number of benzene rings is 4. The summed E-state index contributed by atoms with van der Waals surface area (Å²) in [5.41, 5.74) is 4.56. The van der Waals surface area contributed by atoms with Gasteiger partial charge in [-0.15, -0.1) is 0 Å². The van der Waals surface area contributed by atoms with E-state index in [9.17, 15) is 19.2 Å². The fourth-order valence-corrected chi connectivity index (χ4v) is 7.13. The molecule has 3 N–H and O–H groups in total. The van der Waals surface area contributed by atoms with Crippen LogP contribution in [0.5, 0.6) is 0 Å². The third-order valence-corrected chi connectivity index (χ3v) is 9.63. The number of carbonyl (C=O) groups excluding carboxylic acids is 4. The van der Waals surface area contributed by atoms with Crippen LogP contribution in [-0.4, -0.2) is 47.8 Å². The van der Waals surface area contributed by atoms with Crippen LogP contribution in [0, 0.1) is 0 Å². The highest BCUT2D eigenvalue weighted by Gasteiger charge is 2.32. The van der Waals surface area contributed by atoms with Crippen LogP contribution in [0.25, 0.3) is 0 Å². The van der Waals surface area contributed by atoms with Crippen LogP contribution in [0.1, 0.15) is 61.0 Å². The van der Waals surface area contributed by atoms with E-state index in [4.69, 9.17) is 39.5 Å². The number of hydrogen-bond acceptors (Lipinski definition) is 5. The number of nitrogens with zero attached hydrogens (tertiary/aromatic N) is 1. The number of nitrogens with one attached hydrogen (secondary N) is 3. The van der Waals surface area contributed by atoms with Crippen molar-refractivity contribution in [3.63, 3.8) is 0 Å². The topological polar surface area (TPSA) is 117 Å². The van der Waals surface area contributed by atoms with Crippen molar-refractivity contribution in [2.45, 2.75) is 44.5 Å². The first-order chi connectivity index (χ1) is 23.7. The Bertz CT molecular complexity index is 1900. The largest absolute Gasteiger partial charge is 0.459 e. The third kappa shape index (κ3) is 8.02. The molecule has 0 aromatic heterocycles. The van der Waals surface area contributed by atoms with Gasteiger partial charge < -0.3 is 25.6 Å². The number of ether oxygens (including phenoxy) is 1. The second-order valence-corrected chi connectivity index (χ2v) is 13.2. The molecule has 4 aromatic rings. The van der Waals surface area contributed by atoms with Gasteiger partial charge >= 0.3 is 12.0 Å². The van der Waals surface area contributed by atoms with E-state index in [1.807, 2.05) is 54.6 Å². The van der Waals surface area contributed by atoms with Crippen molar-refractivity contribution >= 4 is 58.6 Å². The number of halogens is 3. The SMILES string of the molecule is O=C(NC[C@H](NC(=O)c1c(Cl)cc2c(c1Cl)CCN(Cc1cccc(Cl)c1)C2=O)C(=O)OCc1ccccc1)N[C@@H]1CCc2ccccc21. The average Bonchev–Trinajstić information content (AvgIpc) is 3.50. The number of amides is 4. The summed E-state index contributed by atoms with van der Waals surface area (Å²) in [6.45, 7) is 0.401. The number of aryl methyl sites for hydroxylation is 1. The molecule has 0 fully saturated rings. The van der Waals surface area contributed by atoms with Gasteiger partial charge in [-0.05, 0) is 65.3 Å². The summed E-state index contributed by atoms with van der Waals surface area (Å²) in [4.78, 5) is 55.1. The minimum Gasteiger partial charge on any atom is -0.459 e. The Labute approximate surface area is 298 Å². The third-order valence-electron chi connectivity index (χ3n) is 8.68. The molecule has 1 aliphatic carbocycles. The minimum absolute atomic E-state index is 0.0257. The molecule has 12 heteroatoms. The van der Waals surface area contributed by atoms with E-state index in [-0.39, 0.29) is 40.7 Å². The van der Waals surface area contributed by atoms with Gasteiger partial charge in [0.1, 0.15) is 12.6 Å². The molecule has 0 spiro atoms. The fraction of sp³-hybridized carbons (Fsp3) is 0.243. The Kier molecular flexibility index (Phi) is 10.7. The first kappa shape index (κ1) is 34.3. The van der Waals surface area contributed by atoms with E-state index >= 15 is 0 Å². The summed E-state index contributed by atoms with van der Waals surface area (Å²) in [5, 5.41) is 8.84. The molecule has 6 rings (SSSR count). The predicted molar refractivity (Wildman–Crippen MR) is 188 cm³/mol. The van der Waals surface area contributed by atoms with Crippen LogP contribution in [0.2, 0.25) is 15.1 Å². The minimum atomic E-state index is -1.28. The standard InChI is InChI=1S/C37H33Cl3N4O5/c38-25-11-6-9-23(17-25)20-44-16-15-27-28(35(44)46)18-29(39)32(33(27)40)34(45)42-31(36(47)49-21-22-7-2-1-3-8-22)19-41-37(48)43-30-14-13-24-10-4-5-12-26(24)30/h1-12,17-18,30-31H,13-16,19-21H2,(H,42,45)(H2,41,43,48)/t30-,31+/m1/s1. The predicted octanol–water partition coefficient (Wildman–Crippen LogP) is 6.67. The second kappa shape index (κ2) is 15.3. The van der Waals surface area contributed by atoms with Crippen LogP contribution >= 0.6 is 34.8 Å². The van der Waals surface area contributed by atoms with E-state index < -0.39 is 23.9 Å². The zero-order valence-corrected chi connectivity index (χ0v) is 28.6. The molecular weight excluding hydrogens is 687 g/mol. The van der Waals surface area contributed by atoms with Gasteiger partial charge in [0.05, 0.1) is 28.2 Å². The van der Waals surface area contributed by atoms with Crippen LogP contribution in [0.4, 0.5) is 4.79 Å². The Morgan fingerprint density at radius 2 is 1.65 bits per heavy atom. The van der Waals surface area contributed by atoms with Gasteiger partial charge in [-0.25, -0.2) is 9.59 Å². The normalized spacial score (nSPS) is 15.5. The Morgan fingerprint density at radius 3 is 2.45 bits per heavy atom. The maximum absolute atomic E-state index is 13.7. The Morgan fingerprint density at radius 1 is 0.898 bits per heavy atom. The molecule has 2 atom stereocenters. The highest BCUT2D eigenvalue weighted by Crippen LogP contribution is 2.35. The molecule has 49 heavy (non-hydrogen) atoms. The van der Waals surface area contributed by atoms with Gasteiger partial charge in [0.25, 0.3) is 11.8 Å². The van der Waals surface area contributed by atoms with E-state index in [1.54, 1.807) is 29.2 Å². The monoisotopic (exact) mass is 718 g/mol. The lowest BCUT2D eigenvalue weighted by atomic mass is 9.95. The average molecular weight is 720 g/mol. The molecule has 0 unspecified atom stereocenters. The number of carbonyl (C=O) groups is 4. The van der Waals surface area contributed by atoms with Crippen molar-refractivity contribution in [2.75, 3.05) is 13.1 Å². The molecular formula is C37H33Cl3N4O5. The van der Waals surface area contributed by atoms with Crippen molar-refractivity contribution in [3.8, 4) is 0 Å². The number of fused-ring (bicyclic) bond motifs is 2. The quantitative estimate of drug-likeness (QED) is 0.158. The molecule has 9 nitrogen and oxygen atoms in total. The van der Waals surface area contributed by atoms with Crippen LogP contribution in [-0.2, 0) is 35.5 Å². The van der Waals surface area contributed by atoms with E-state index in [0.717, 1.165) is 29.5 Å². The first-order valence-electron chi connectivity index (χ1n) is 15.9. The number of esters is 1. The molecule has 252 valence electrons. The van der Waals surface area contributed by atoms with Gasteiger partial charge in [0.2, 0.25) is 0 Å². The maximum Gasteiger partial charge on any atom is 0.330 e. The summed E-state index contributed by atoms with van der Waals surface area (Å²) < 4.78 is 5.52. The van der Waals surface area contributed by atoms with Gasteiger partial charge in [-0.3, -0.25) is 9.59 Å². The van der Waals surface area contributed by atoms with Crippen molar-refractivity contribution in [1.29, 1.82) is 0 Å². The maximum atomic E-state index is 13.7. The Balaban J connectivity index is 1.16. The highest BCUT2D eigenvalue weighted by molar-refractivity contribution is 6.41. The smallest absolute Gasteiger partial charge is 0.330 e. The fourth-order valence-electron chi connectivity index (χ4n) is 6.19. The molecule has 4 amide bonds. The molecule has 0 saturated heterocycles. The zero-order chi connectivity index (χ0) is 34.5. The van der Waals surface area contributed by atoms with Crippen LogP contribution in [0.15, 0.2) is 84.9 Å². The van der Waals surface area contributed by atoms with Crippen LogP contribution in [0.3, 0.4) is 0 Å². The molecule has 0 saturated carbocycles. The zero-order valence-electron chi connectivity index (χ0n) is 26.3. The van der Waals surface area contributed by atoms with E-state index in [0.29, 0.717) is 35.7 Å². The Hall–Kier alpha value is -4.57. The van der Waals surface area contributed by atoms with Crippen molar-refractivity contribution in [3.05, 3.63) is 139 Å². The molecule has 0 bridgehead atoms. The molecule has 2 aliphatic rings. The number of rotatable bonds is 10. The van der Waals surface area contributed by atoms with E-state index in [2.05, 4.69) is 16.0 Å². The molecule has 4 aromatic carbocycles. The number of hydrogen-bond donors (Lipinski definition) is 3. The van der Waals surface area contributed by atoms with Gasteiger partial charge in [0, 0.05) is 23.7 Å². The lowest BCUT2D eigenvalue weighted by Crippen LogP contribution is -2.51. The van der Waals surface area contributed by atoms with Gasteiger partial charge in [-0.2, -0.15) is 0 Å². The van der Waals surface area contributed by atoms with Crippen molar-refractivity contribution < 1.29 is 23.9 Å². The van der Waals surface area contributed by atoms with Crippen molar-refractivity contribution in [2.24, 2.45) is 0 Å². The molecule has 0 radical (unpaired) electrons. The summed E-state index contributed by atoms with van der Waals surface area (Å²) in [6.07, 6.45) is 1.98. The van der Waals surface area contributed by atoms with E-state index in [1.165, 1.54) is 11.6 Å². The van der Waals surface area contributed by atoms with Crippen LogP contribution < -0.4 is 16.0 Å². The second-order valence-electron chi connectivity index (χ2n) is 11.9. The molecule has 1 heterocycles. The van der Waals surface area contributed by atoms with Crippen molar-refractivity contribution in [1.82, 2.24) is 20.9 Å². The van der Waals surface area contributed by atoms with Gasteiger partial charge in [0.15, 0.2) is 0 Å². The summed E-state index contributed by atoms with van der Waals surface area (Å²) >= 11 is 19.5.